The lowest BCUT2D eigenvalue weighted by molar-refractivity contribution is 0.0232. The summed E-state index contributed by atoms with van der Waals surface area (Å²) >= 11 is 3.49. The Kier molecular flexibility index (Phi) is 4.29. The summed E-state index contributed by atoms with van der Waals surface area (Å²) in [5, 5.41) is 3.54. The lowest BCUT2D eigenvalue weighted by Gasteiger charge is -2.28. The number of benzene rings is 1. The van der Waals surface area contributed by atoms with E-state index >= 15 is 0 Å². The summed E-state index contributed by atoms with van der Waals surface area (Å²) in [5.74, 6) is 0.863. The van der Waals surface area contributed by atoms with E-state index < -0.39 is 0 Å². The van der Waals surface area contributed by atoms with Gasteiger partial charge >= 0.3 is 0 Å². The SMILES string of the molecule is COc1cc(Br)cc(NC2CCOC(C)C2)c1. The number of nitrogens with one attached hydrogen (secondary N) is 1. The van der Waals surface area contributed by atoms with E-state index in [0.717, 1.165) is 35.4 Å². The summed E-state index contributed by atoms with van der Waals surface area (Å²) in [6.45, 7) is 2.96. The van der Waals surface area contributed by atoms with Crippen molar-refractivity contribution in [1.82, 2.24) is 0 Å². The molecule has 0 spiro atoms. The van der Waals surface area contributed by atoms with Gasteiger partial charge in [-0.3, -0.25) is 0 Å². The fourth-order valence-electron chi connectivity index (χ4n) is 2.13. The van der Waals surface area contributed by atoms with Crippen molar-refractivity contribution in [3.8, 4) is 5.75 Å². The van der Waals surface area contributed by atoms with Crippen LogP contribution >= 0.6 is 15.9 Å². The number of halogens is 1. The van der Waals surface area contributed by atoms with Crippen molar-refractivity contribution in [2.45, 2.75) is 31.9 Å². The molecule has 4 heteroatoms. The van der Waals surface area contributed by atoms with E-state index in [1.807, 2.05) is 12.1 Å². The van der Waals surface area contributed by atoms with Crippen LogP contribution in [0.3, 0.4) is 0 Å². The van der Waals surface area contributed by atoms with Crippen molar-refractivity contribution in [3.05, 3.63) is 22.7 Å². The Balaban J connectivity index is 2.04. The maximum Gasteiger partial charge on any atom is 0.122 e. The topological polar surface area (TPSA) is 30.5 Å². The molecule has 1 saturated heterocycles. The summed E-state index contributed by atoms with van der Waals surface area (Å²) in [6.07, 6.45) is 2.45. The second kappa shape index (κ2) is 5.74. The molecule has 2 unspecified atom stereocenters. The van der Waals surface area contributed by atoms with Crippen molar-refractivity contribution >= 4 is 21.6 Å². The van der Waals surface area contributed by atoms with Gasteiger partial charge in [-0.1, -0.05) is 15.9 Å². The van der Waals surface area contributed by atoms with Gasteiger partial charge in [0.05, 0.1) is 13.2 Å². The molecule has 1 aliphatic rings. The van der Waals surface area contributed by atoms with E-state index in [1.54, 1.807) is 7.11 Å². The smallest absolute Gasteiger partial charge is 0.122 e. The maximum absolute atomic E-state index is 5.54. The Hall–Kier alpha value is -0.740. The molecular formula is C13H18BrNO2. The van der Waals surface area contributed by atoms with E-state index in [1.165, 1.54) is 0 Å². The highest BCUT2D eigenvalue weighted by Crippen LogP contribution is 2.26. The van der Waals surface area contributed by atoms with Crippen LogP contribution in [0.4, 0.5) is 5.69 Å². The third-order valence-electron chi connectivity index (χ3n) is 2.96. The summed E-state index contributed by atoms with van der Waals surface area (Å²) < 4.78 is 11.8. The second-order valence-electron chi connectivity index (χ2n) is 4.43. The zero-order chi connectivity index (χ0) is 12.3. The molecule has 17 heavy (non-hydrogen) atoms. The summed E-state index contributed by atoms with van der Waals surface area (Å²) in [6, 6.07) is 6.53. The predicted octanol–water partition coefficient (Wildman–Crippen LogP) is 3.44. The molecule has 1 N–H and O–H groups in total. The highest BCUT2D eigenvalue weighted by molar-refractivity contribution is 9.10. The molecular weight excluding hydrogens is 282 g/mol. The highest BCUT2D eigenvalue weighted by atomic mass is 79.9. The first-order valence-electron chi connectivity index (χ1n) is 5.90. The lowest BCUT2D eigenvalue weighted by Crippen LogP contribution is -2.32. The molecule has 0 aromatic heterocycles. The molecule has 1 aromatic rings. The van der Waals surface area contributed by atoms with Gasteiger partial charge in [0.1, 0.15) is 5.75 Å². The monoisotopic (exact) mass is 299 g/mol. The zero-order valence-corrected chi connectivity index (χ0v) is 11.8. The van der Waals surface area contributed by atoms with Gasteiger partial charge in [0, 0.05) is 28.9 Å². The quantitative estimate of drug-likeness (QED) is 0.927. The molecule has 2 rings (SSSR count). The van der Waals surface area contributed by atoms with E-state index in [4.69, 9.17) is 9.47 Å². The molecule has 2 atom stereocenters. The van der Waals surface area contributed by atoms with Crippen LogP contribution in [0.5, 0.6) is 5.75 Å². The minimum atomic E-state index is 0.343. The van der Waals surface area contributed by atoms with Crippen molar-refractivity contribution in [1.29, 1.82) is 0 Å². The number of methoxy groups -OCH3 is 1. The molecule has 1 aliphatic heterocycles. The van der Waals surface area contributed by atoms with Gasteiger partial charge in [-0.2, -0.15) is 0 Å². The minimum absolute atomic E-state index is 0.343. The van der Waals surface area contributed by atoms with Gasteiger partial charge in [0.25, 0.3) is 0 Å². The van der Waals surface area contributed by atoms with E-state index in [-0.39, 0.29) is 0 Å². The van der Waals surface area contributed by atoms with Crippen LogP contribution in [0.15, 0.2) is 22.7 Å². The first-order chi connectivity index (χ1) is 8.17. The molecule has 0 aliphatic carbocycles. The molecule has 1 aromatic carbocycles. The molecule has 0 saturated carbocycles. The lowest BCUT2D eigenvalue weighted by atomic mass is 10.0. The largest absolute Gasteiger partial charge is 0.497 e. The van der Waals surface area contributed by atoms with E-state index in [9.17, 15) is 0 Å². The molecule has 1 heterocycles. The normalized spacial score (nSPS) is 24.4. The predicted molar refractivity (Wildman–Crippen MR) is 72.8 cm³/mol. The Morgan fingerprint density at radius 1 is 1.41 bits per heavy atom. The Bertz CT molecular complexity index is 384. The molecule has 94 valence electrons. The molecule has 0 bridgehead atoms. The average Bonchev–Trinajstić information content (AvgIpc) is 2.28. The van der Waals surface area contributed by atoms with Crippen LogP contribution < -0.4 is 10.1 Å². The number of ether oxygens (including phenoxy) is 2. The van der Waals surface area contributed by atoms with Gasteiger partial charge in [-0.15, -0.1) is 0 Å². The summed E-state index contributed by atoms with van der Waals surface area (Å²) in [4.78, 5) is 0. The second-order valence-corrected chi connectivity index (χ2v) is 5.34. The molecule has 3 nitrogen and oxygen atoms in total. The summed E-state index contributed by atoms with van der Waals surface area (Å²) in [7, 11) is 1.68. The van der Waals surface area contributed by atoms with Crippen LogP contribution in [0.2, 0.25) is 0 Å². The third-order valence-corrected chi connectivity index (χ3v) is 3.42. The van der Waals surface area contributed by atoms with Crippen LogP contribution in [-0.2, 0) is 4.74 Å². The number of rotatable bonds is 3. The van der Waals surface area contributed by atoms with Crippen molar-refractivity contribution in [3.63, 3.8) is 0 Å². The van der Waals surface area contributed by atoms with Gasteiger partial charge in [-0.05, 0) is 31.9 Å². The van der Waals surface area contributed by atoms with Gasteiger partial charge in [0.15, 0.2) is 0 Å². The van der Waals surface area contributed by atoms with Gasteiger partial charge < -0.3 is 14.8 Å². The van der Waals surface area contributed by atoms with E-state index in [2.05, 4.69) is 34.2 Å². The van der Waals surface area contributed by atoms with Gasteiger partial charge in [-0.25, -0.2) is 0 Å². The Labute approximate surface area is 111 Å². The van der Waals surface area contributed by atoms with Crippen LogP contribution in [-0.4, -0.2) is 25.9 Å². The first-order valence-corrected chi connectivity index (χ1v) is 6.69. The van der Waals surface area contributed by atoms with Crippen molar-refractivity contribution in [2.75, 3.05) is 19.0 Å². The van der Waals surface area contributed by atoms with Gasteiger partial charge in [0.2, 0.25) is 0 Å². The van der Waals surface area contributed by atoms with Crippen LogP contribution in [0.1, 0.15) is 19.8 Å². The summed E-state index contributed by atoms with van der Waals surface area (Å²) in [5.41, 5.74) is 1.09. The molecule has 0 amide bonds. The number of hydrogen-bond donors (Lipinski definition) is 1. The van der Waals surface area contributed by atoms with Crippen molar-refractivity contribution in [2.24, 2.45) is 0 Å². The zero-order valence-electron chi connectivity index (χ0n) is 10.2. The Morgan fingerprint density at radius 2 is 2.24 bits per heavy atom. The number of hydrogen-bond acceptors (Lipinski definition) is 3. The average molecular weight is 300 g/mol. The van der Waals surface area contributed by atoms with E-state index in [0.29, 0.717) is 12.1 Å². The fraction of sp³-hybridized carbons (Fsp3) is 0.538. The Morgan fingerprint density at radius 3 is 2.94 bits per heavy atom. The van der Waals surface area contributed by atoms with Crippen LogP contribution in [0.25, 0.3) is 0 Å². The third kappa shape index (κ3) is 3.61. The minimum Gasteiger partial charge on any atom is -0.497 e. The number of anilines is 1. The van der Waals surface area contributed by atoms with Crippen molar-refractivity contribution < 1.29 is 9.47 Å². The highest BCUT2D eigenvalue weighted by Gasteiger charge is 2.19. The standard InChI is InChI=1S/C13H18BrNO2/c1-9-5-11(3-4-17-9)15-12-6-10(14)7-13(8-12)16-2/h6-9,11,15H,3-5H2,1-2H3. The molecule has 1 fully saturated rings. The van der Waals surface area contributed by atoms with Crippen LogP contribution in [0, 0.1) is 0 Å². The molecule has 0 radical (unpaired) electrons. The fourth-order valence-corrected chi connectivity index (χ4v) is 2.60. The maximum atomic E-state index is 5.54. The first kappa shape index (κ1) is 12.7.